The Labute approximate surface area is 96.8 Å². The molecule has 0 saturated carbocycles. The van der Waals surface area contributed by atoms with Crippen molar-refractivity contribution in [3.05, 3.63) is 35.6 Å². The van der Waals surface area contributed by atoms with Crippen molar-refractivity contribution < 1.29 is 9.13 Å². The smallest absolute Gasteiger partial charge is 0.127 e. The van der Waals surface area contributed by atoms with Gasteiger partial charge in [0.1, 0.15) is 5.82 Å². The molecule has 0 aliphatic rings. The van der Waals surface area contributed by atoms with Crippen LogP contribution in [0.4, 0.5) is 4.39 Å². The average molecular weight is 225 g/mol. The fourth-order valence-electron chi connectivity index (χ4n) is 1.66. The molecule has 0 heterocycles. The maximum Gasteiger partial charge on any atom is 0.127 e. The van der Waals surface area contributed by atoms with Gasteiger partial charge in [-0.1, -0.05) is 25.1 Å². The quantitative estimate of drug-likeness (QED) is 0.803. The van der Waals surface area contributed by atoms with E-state index in [-0.39, 0.29) is 11.9 Å². The Morgan fingerprint density at radius 3 is 2.62 bits per heavy atom. The minimum Gasteiger partial charge on any atom is -0.384 e. The van der Waals surface area contributed by atoms with Crippen LogP contribution in [0.2, 0.25) is 0 Å². The van der Waals surface area contributed by atoms with Crippen LogP contribution in [0.25, 0.3) is 0 Å². The molecule has 2 unspecified atom stereocenters. The Balaban J connectivity index is 2.46. The first-order chi connectivity index (χ1) is 7.65. The van der Waals surface area contributed by atoms with Crippen molar-refractivity contribution in [3.63, 3.8) is 0 Å². The van der Waals surface area contributed by atoms with Gasteiger partial charge in [-0.05, 0) is 18.9 Å². The van der Waals surface area contributed by atoms with Crippen LogP contribution in [0.1, 0.15) is 25.5 Å². The van der Waals surface area contributed by atoms with Gasteiger partial charge in [0.25, 0.3) is 0 Å². The molecule has 0 aliphatic heterocycles. The van der Waals surface area contributed by atoms with Gasteiger partial charge in [0, 0.05) is 31.9 Å². The van der Waals surface area contributed by atoms with Crippen molar-refractivity contribution in [2.45, 2.75) is 19.9 Å². The summed E-state index contributed by atoms with van der Waals surface area (Å²) in [5.41, 5.74) is 0.715. The van der Waals surface area contributed by atoms with Crippen molar-refractivity contribution in [2.24, 2.45) is 5.92 Å². The van der Waals surface area contributed by atoms with Gasteiger partial charge in [-0.15, -0.1) is 0 Å². The highest BCUT2D eigenvalue weighted by atomic mass is 19.1. The first-order valence-corrected chi connectivity index (χ1v) is 5.62. The topological polar surface area (TPSA) is 21.3 Å². The van der Waals surface area contributed by atoms with Crippen LogP contribution in [-0.2, 0) is 4.74 Å². The number of hydrogen-bond donors (Lipinski definition) is 1. The predicted molar refractivity (Wildman–Crippen MR) is 63.9 cm³/mol. The monoisotopic (exact) mass is 225 g/mol. The number of halogens is 1. The van der Waals surface area contributed by atoms with Crippen molar-refractivity contribution in [1.82, 2.24) is 5.32 Å². The summed E-state index contributed by atoms with van der Waals surface area (Å²) in [7, 11) is 1.69. The number of rotatable bonds is 6. The van der Waals surface area contributed by atoms with Gasteiger partial charge in [0.15, 0.2) is 0 Å². The summed E-state index contributed by atoms with van der Waals surface area (Å²) >= 11 is 0. The molecule has 0 bridgehead atoms. The molecule has 0 aromatic heterocycles. The molecule has 1 aromatic rings. The number of hydrogen-bond acceptors (Lipinski definition) is 2. The maximum atomic E-state index is 13.4. The van der Waals surface area contributed by atoms with E-state index in [1.54, 1.807) is 13.2 Å². The van der Waals surface area contributed by atoms with E-state index in [9.17, 15) is 4.39 Å². The van der Waals surface area contributed by atoms with Crippen LogP contribution in [0.5, 0.6) is 0 Å². The molecule has 16 heavy (non-hydrogen) atoms. The molecule has 1 N–H and O–H groups in total. The molecule has 0 radical (unpaired) electrons. The molecule has 1 aromatic carbocycles. The molecule has 0 aliphatic carbocycles. The van der Waals surface area contributed by atoms with E-state index in [1.807, 2.05) is 19.1 Å². The van der Waals surface area contributed by atoms with E-state index < -0.39 is 0 Å². The van der Waals surface area contributed by atoms with Crippen LogP contribution in [-0.4, -0.2) is 20.3 Å². The zero-order valence-corrected chi connectivity index (χ0v) is 10.2. The highest BCUT2D eigenvalue weighted by molar-refractivity contribution is 5.20. The van der Waals surface area contributed by atoms with Gasteiger partial charge in [-0.25, -0.2) is 4.39 Å². The van der Waals surface area contributed by atoms with E-state index in [0.29, 0.717) is 11.5 Å². The third-order valence-corrected chi connectivity index (χ3v) is 2.60. The predicted octanol–water partition coefficient (Wildman–Crippen LogP) is 2.76. The Morgan fingerprint density at radius 2 is 2.00 bits per heavy atom. The van der Waals surface area contributed by atoms with E-state index in [2.05, 4.69) is 12.2 Å². The Bertz CT molecular complexity index is 317. The summed E-state index contributed by atoms with van der Waals surface area (Å²) in [6, 6.07) is 6.90. The van der Waals surface area contributed by atoms with E-state index >= 15 is 0 Å². The molecule has 0 amide bonds. The van der Waals surface area contributed by atoms with Crippen LogP contribution < -0.4 is 5.32 Å². The number of methoxy groups -OCH3 is 1. The molecule has 0 saturated heterocycles. The van der Waals surface area contributed by atoms with Crippen molar-refractivity contribution in [2.75, 3.05) is 20.3 Å². The van der Waals surface area contributed by atoms with Crippen LogP contribution in [0.15, 0.2) is 24.3 Å². The Morgan fingerprint density at radius 1 is 1.31 bits per heavy atom. The number of nitrogens with one attached hydrogen (secondary N) is 1. The second-order valence-corrected chi connectivity index (χ2v) is 4.21. The van der Waals surface area contributed by atoms with E-state index in [0.717, 1.165) is 13.2 Å². The van der Waals surface area contributed by atoms with Crippen LogP contribution >= 0.6 is 0 Å². The fraction of sp³-hybridized carbons (Fsp3) is 0.538. The molecule has 1 rings (SSSR count). The van der Waals surface area contributed by atoms with E-state index in [4.69, 9.17) is 4.74 Å². The van der Waals surface area contributed by atoms with Gasteiger partial charge in [-0.2, -0.15) is 0 Å². The van der Waals surface area contributed by atoms with Gasteiger partial charge in [0.05, 0.1) is 0 Å². The summed E-state index contributed by atoms with van der Waals surface area (Å²) in [5.74, 6) is 0.279. The highest BCUT2D eigenvalue weighted by Gasteiger charge is 2.10. The van der Waals surface area contributed by atoms with Gasteiger partial charge in [-0.3, -0.25) is 0 Å². The normalized spacial score (nSPS) is 14.8. The van der Waals surface area contributed by atoms with Crippen molar-refractivity contribution >= 4 is 0 Å². The minimum absolute atomic E-state index is 0.0282. The molecule has 3 heteroatoms. The molecule has 2 atom stereocenters. The lowest BCUT2D eigenvalue weighted by atomic mass is 10.1. The summed E-state index contributed by atoms with van der Waals surface area (Å²) < 4.78 is 18.5. The molecular weight excluding hydrogens is 205 g/mol. The lowest BCUT2D eigenvalue weighted by Gasteiger charge is -2.18. The van der Waals surface area contributed by atoms with Crippen LogP contribution in [0, 0.1) is 11.7 Å². The first kappa shape index (κ1) is 13.1. The Kier molecular flexibility index (Phi) is 5.43. The molecule has 0 fully saturated rings. The summed E-state index contributed by atoms with van der Waals surface area (Å²) in [6.07, 6.45) is 0. The fourth-order valence-corrected chi connectivity index (χ4v) is 1.66. The third kappa shape index (κ3) is 3.91. The Hall–Kier alpha value is -0.930. The number of ether oxygens (including phenoxy) is 1. The average Bonchev–Trinajstić information content (AvgIpc) is 2.27. The van der Waals surface area contributed by atoms with Gasteiger partial charge < -0.3 is 10.1 Å². The standard InChI is InChI=1S/C13H20FNO/c1-10(9-16-3)8-15-11(2)12-6-4-5-7-13(12)14/h4-7,10-11,15H,8-9H2,1-3H3. The maximum absolute atomic E-state index is 13.4. The van der Waals surface area contributed by atoms with Crippen LogP contribution in [0.3, 0.4) is 0 Å². The summed E-state index contributed by atoms with van der Waals surface area (Å²) in [6.45, 7) is 5.61. The largest absolute Gasteiger partial charge is 0.384 e. The zero-order valence-electron chi connectivity index (χ0n) is 10.2. The molecule has 0 spiro atoms. The van der Waals surface area contributed by atoms with Gasteiger partial charge >= 0.3 is 0 Å². The summed E-state index contributed by atoms with van der Waals surface area (Å²) in [4.78, 5) is 0. The lowest BCUT2D eigenvalue weighted by Crippen LogP contribution is -2.27. The van der Waals surface area contributed by atoms with Gasteiger partial charge in [0.2, 0.25) is 0 Å². The summed E-state index contributed by atoms with van der Waals surface area (Å²) in [5, 5.41) is 3.30. The molecule has 2 nitrogen and oxygen atoms in total. The zero-order chi connectivity index (χ0) is 12.0. The second kappa shape index (κ2) is 6.61. The third-order valence-electron chi connectivity index (χ3n) is 2.60. The molecular formula is C13H20FNO. The second-order valence-electron chi connectivity index (χ2n) is 4.21. The minimum atomic E-state index is -0.151. The molecule has 90 valence electrons. The highest BCUT2D eigenvalue weighted by Crippen LogP contribution is 2.16. The lowest BCUT2D eigenvalue weighted by molar-refractivity contribution is 0.157. The number of benzene rings is 1. The van der Waals surface area contributed by atoms with Crippen molar-refractivity contribution in [1.29, 1.82) is 0 Å². The van der Waals surface area contributed by atoms with Crippen molar-refractivity contribution in [3.8, 4) is 0 Å². The SMILES string of the molecule is COCC(C)CNC(C)c1ccccc1F. The first-order valence-electron chi connectivity index (χ1n) is 5.62. The van der Waals surface area contributed by atoms with E-state index in [1.165, 1.54) is 6.07 Å².